The van der Waals surface area contributed by atoms with Crippen LogP contribution in [-0.4, -0.2) is 5.78 Å². The summed E-state index contributed by atoms with van der Waals surface area (Å²) in [7, 11) is 0. The van der Waals surface area contributed by atoms with Crippen molar-refractivity contribution >= 4 is 33.3 Å². The summed E-state index contributed by atoms with van der Waals surface area (Å²) in [6.45, 7) is 1.90. The van der Waals surface area contributed by atoms with Crippen LogP contribution in [0.1, 0.15) is 22.8 Å². The molecule has 0 heterocycles. The van der Waals surface area contributed by atoms with E-state index in [1.807, 2.05) is 30.3 Å². The largest absolute Gasteiger partial charge is 0.487 e. The SMILES string of the molecule is CC(=O)c1cc(Cl)cc(Br)c1OCc1ccccc1. The first-order valence-electron chi connectivity index (χ1n) is 5.74. The lowest BCUT2D eigenvalue weighted by Crippen LogP contribution is -2.02. The number of carbonyl (C=O) groups is 1. The zero-order chi connectivity index (χ0) is 13.8. The number of benzene rings is 2. The maximum absolute atomic E-state index is 11.6. The van der Waals surface area contributed by atoms with Gasteiger partial charge in [0.05, 0.1) is 10.0 Å². The van der Waals surface area contributed by atoms with Crippen molar-refractivity contribution in [2.45, 2.75) is 13.5 Å². The molecular formula is C15H12BrClO2. The third-order valence-corrected chi connectivity index (χ3v) is 3.42. The Morgan fingerprint density at radius 2 is 1.95 bits per heavy atom. The van der Waals surface area contributed by atoms with Crippen LogP contribution >= 0.6 is 27.5 Å². The van der Waals surface area contributed by atoms with Crippen LogP contribution < -0.4 is 4.74 Å². The Hall–Kier alpha value is -1.32. The van der Waals surface area contributed by atoms with E-state index in [1.54, 1.807) is 12.1 Å². The Morgan fingerprint density at radius 1 is 1.26 bits per heavy atom. The van der Waals surface area contributed by atoms with Crippen LogP contribution in [0.4, 0.5) is 0 Å². The molecule has 2 aromatic rings. The highest BCUT2D eigenvalue weighted by Crippen LogP contribution is 2.33. The number of ether oxygens (including phenoxy) is 1. The minimum Gasteiger partial charge on any atom is -0.487 e. The van der Waals surface area contributed by atoms with Crippen molar-refractivity contribution in [3.8, 4) is 5.75 Å². The fraction of sp³-hybridized carbons (Fsp3) is 0.133. The highest BCUT2D eigenvalue weighted by atomic mass is 79.9. The van der Waals surface area contributed by atoms with Crippen molar-refractivity contribution in [3.63, 3.8) is 0 Å². The van der Waals surface area contributed by atoms with E-state index in [-0.39, 0.29) is 5.78 Å². The number of hydrogen-bond acceptors (Lipinski definition) is 2. The van der Waals surface area contributed by atoms with Crippen molar-refractivity contribution in [1.82, 2.24) is 0 Å². The first-order valence-corrected chi connectivity index (χ1v) is 6.91. The third kappa shape index (κ3) is 3.58. The molecule has 2 nitrogen and oxygen atoms in total. The van der Waals surface area contributed by atoms with E-state index in [9.17, 15) is 4.79 Å². The van der Waals surface area contributed by atoms with Crippen LogP contribution in [0.5, 0.6) is 5.75 Å². The molecule has 0 amide bonds. The Kier molecular flexibility index (Phi) is 4.61. The van der Waals surface area contributed by atoms with E-state index in [4.69, 9.17) is 16.3 Å². The molecule has 0 bridgehead atoms. The van der Waals surface area contributed by atoms with Crippen LogP contribution in [0.25, 0.3) is 0 Å². The van der Waals surface area contributed by atoms with Crippen LogP contribution in [0.2, 0.25) is 5.02 Å². The Bertz CT molecular complexity index is 597. The monoisotopic (exact) mass is 338 g/mol. The smallest absolute Gasteiger partial charge is 0.163 e. The predicted octanol–water partition coefficient (Wildman–Crippen LogP) is 4.88. The Balaban J connectivity index is 2.27. The molecule has 0 aliphatic carbocycles. The predicted molar refractivity (Wildman–Crippen MR) is 79.9 cm³/mol. The van der Waals surface area contributed by atoms with E-state index in [1.165, 1.54) is 6.92 Å². The first kappa shape index (κ1) is 14.1. The fourth-order valence-corrected chi connectivity index (χ4v) is 2.62. The molecule has 4 heteroatoms. The molecule has 0 aliphatic rings. The number of hydrogen-bond donors (Lipinski definition) is 0. The van der Waals surface area contributed by atoms with Gasteiger partial charge in [-0.2, -0.15) is 0 Å². The van der Waals surface area contributed by atoms with E-state index >= 15 is 0 Å². The molecule has 19 heavy (non-hydrogen) atoms. The summed E-state index contributed by atoms with van der Waals surface area (Å²) in [4.78, 5) is 11.6. The first-order chi connectivity index (χ1) is 9.08. The third-order valence-electron chi connectivity index (χ3n) is 2.61. The van der Waals surface area contributed by atoms with Gasteiger partial charge in [-0.3, -0.25) is 4.79 Å². The molecule has 0 saturated carbocycles. The van der Waals surface area contributed by atoms with Crippen LogP contribution in [0.3, 0.4) is 0 Å². The zero-order valence-corrected chi connectivity index (χ0v) is 12.7. The summed E-state index contributed by atoms with van der Waals surface area (Å²) >= 11 is 9.32. The molecule has 2 rings (SSSR count). The van der Waals surface area contributed by atoms with Crippen molar-refractivity contribution in [2.75, 3.05) is 0 Å². The number of ketones is 1. The van der Waals surface area contributed by atoms with Gasteiger partial charge in [-0.15, -0.1) is 0 Å². The molecular weight excluding hydrogens is 328 g/mol. The second-order valence-electron chi connectivity index (χ2n) is 4.09. The average Bonchev–Trinajstić information content (AvgIpc) is 2.38. The van der Waals surface area contributed by atoms with Gasteiger partial charge < -0.3 is 4.74 Å². The van der Waals surface area contributed by atoms with Crippen molar-refractivity contribution < 1.29 is 9.53 Å². The average molecular weight is 340 g/mol. The number of carbonyl (C=O) groups excluding carboxylic acids is 1. The molecule has 0 atom stereocenters. The van der Waals surface area contributed by atoms with Gasteiger partial charge in [0.15, 0.2) is 5.78 Å². The molecule has 0 aromatic heterocycles. The van der Waals surface area contributed by atoms with Gasteiger partial charge in [-0.1, -0.05) is 41.9 Å². The number of Topliss-reactive ketones (excluding diaryl/α,β-unsaturated/α-hetero) is 1. The molecule has 0 radical (unpaired) electrons. The highest BCUT2D eigenvalue weighted by Gasteiger charge is 2.14. The summed E-state index contributed by atoms with van der Waals surface area (Å²) in [5.41, 5.74) is 1.52. The molecule has 0 saturated heterocycles. The van der Waals surface area contributed by atoms with Gasteiger partial charge in [-0.25, -0.2) is 0 Å². The minimum absolute atomic E-state index is 0.0775. The van der Waals surface area contributed by atoms with E-state index in [0.717, 1.165) is 5.56 Å². The standard InChI is InChI=1S/C15H12BrClO2/c1-10(18)13-7-12(17)8-14(16)15(13)19-9-11-5-3-2-4-6-11/h2-8H,9H2,1H3. The lowest BCUT2D eigenvalue weighted by molar-refractivity contribution is 0.101. The maximum atomic E-state index is 11.6. The van der Waals surface area contributed by atoms with Crippen molar-refractivity contribution in [3.05, 3.63) is 63.1 Å². The van der Waals surface area contributed by atoms with Gasteiger partial charge in [-0.05, 0) is 40.5 Å². The molecule has 0 fully saturated rings. The fourth-order valence-electron chi connectivity index (χ4n) is 1.70. The van der Waals surface area contributed by atoms with Gasteiger partial charge >= 0.3 is 0 Å². The van der Waals surface area contributed by atoms with Crippen molar-refractivity contribution in [2.24, 2.45) is 0 Å². The lowest BCUT2D eigenvalue weighted by atomic mass is 10.1. The quantitative estimate of drug-likeness (QED) is 0.742. The summed E-state index contributed by atoms with van der Waals surface area (Å²) in [5.74, 6) is 0.451. The van der Waals surface area contributed by atoms with Gasteiger partial charge in [0, 0.05) is 5.02 Å². The topological polar surface area (TPSA) is 26.3 Å². The molecule has 0 N–H and O–H groups in total. The van der Waals surface area contributed by atoms with Crippen LogP contribution in [0, 0.1) is 0 Å². The summed E-state index contributed by atoms with van der Waals surface area (Å²) in [6, 6.07) is 13.1. The van der Waals surface area contributed by atoms with E-state index < -0.39 is 0 Å². The maximum Gasteiger partial charge on any atom is 0.163 e. The second-order valence-corrected chi connectivity index (χ2v) is 5.39. The highest BCUT2D eigenvalue weighted by molar-refractivity contribution is 9.10. The molecule has 0 unspecified atom stereocenters. The molecule has 98 valence electrons. The summed E-state index contributed by atoms with van der Waals surface area (Å²) < 4.78 is 6.43. The van der Waals surface area contributed by atoms with Crippen molar-refractivity contribution in [1.29, 1.82) is 0 Å². The van der Waals surface area contributed by atoms with E-state index in [2.05, 4.69) is 15.9 Å². The molecule has 0 spiro atoms. The number of rotatable bonds is 4. The second kappa shape index (κ2) is 6.22. The summed E-state index contributed by atoms with van der Waals surface area (Å²) in [5, 5.41) is 0.504. The number of halogens is 2. The molecule has 2 aromatic carbocycles. The normalized spacial score (nSPS) is 10.3. The van der Waals surface area contributed by atoms with Gasteiger partial charge in [0.25, 0.3) is 0 Å². The Morgan fingerprint density at radius 3 is 2.58 bits per heavy atom. The lowest BCUT2D eigenvalue weighted by Gasteiger charge is -2.12. The van der Waals surface area contributed by atoms with Crippen LogP contribution in [0.15, 0.2) is 46.9 Å². The zero-order valence-electron chi connectivity index (χ0n) is 10.3. The van der Waals surface area contributed by atoms with Gasteiger partial charge in [0.1, 0.15) is 12.4 Å². The summed E-state index contributed by atoms with van der Waals surface area (Å²) in [6.07, 6.45) is 0. The van der Waals surface area contributed by atoms with Crippen LogP contribution in [-0.2, 0) is 6.61 Å². The van der Waals surface area contributed by atoms with Gasteiger partial charge in [0.2, 0.25) is 0 Å². The minimum atomic E-state index is -0.0775. The molecule has 0 aliphatic heterocycles. The van der Waals surface area contributed by atoms with E-state index in [0.29, 0.717) is 27.4 Å². The Labute approximate surface area is 125 Å².